The van der Waals surface area contributed by atoms with Crippen LogP contribution < -0.4 is 0 Å². The van der Waals surface area contributed by atoms with Crippen LogP contribution in [0.2, 0.25) is 0 Å². The molecule has 2 aromatic rings. The molecule has 2 nitrogen and oxygen atoms in total. The van der Waals surface area contributed by atoms with Gasteiger partial charge in [0.2, 0.25) is 0 Å². The van der Waals surface area contributed by atoms with Gasteiger partial charge in [-0.15, -0.1) is 0 Å². The monoisotopic (exact) mass is 268 g/mol. The lowest BCUT2D eigenvalue weighted by molar-refractivity contribution is 0.591. The Kier molecular flexibility index (Phi) is 1.89. The van der Waals surface area contributed by atoms with Crippen LogP contribution in [0.4, 0.5) is 4.39 Å². The van der Waals surface area contributed by atoms with Crippen LogP contribution in [0.3, 0.4) is 0 Å². The molecule has 1 aliphatic rings. The Labute approximate surface area is 95.2 Å². The molecular weight excluding hydrogens is 259 g/mol. The van der Waals surface area contributed by atoms with Gasteiger partial charge in [0.1, 0.15) is 11.6 Å². The molecule has 2 heterocycles. The number of halogens is 2. The van der Waals surface area contributed by atoms with Crippen LogP contribution >= 0.6 is 15.9 Å². The summed E-state index contributed by atoms with van der Waals surface area (Å²) in [6.45, 7) is 2.15. The van der Waals surface area contributed by atoms with Crippen molar-refractivity contribution in [1.29, 1.82) is 0 Å². The topological polar surface area (TPSA) is 17.8 Å². The number of nitrogens with zero attached hydrogens (tertiary/aromatic N) is 2. The fourth-order valence-electron chi connectivity index (χ4n) is 2.28. The highest BCUT2D eigenvalue weighted by molar-refractivity contribution is 9.10. The molecule has 78 valence electrons. The summed E-state index contributed by atoms with van der Waals surface area (Å²) in [5.74, 6) is 0.860. The third kappa shape index (κ3) is 1.24. The molecule has 1 aromatic carbocycles. The highest BCUT2D eigenvalue weighted by atomic mass is 79.9. The Bertz CT molecular complexity index is 547. The maximum absolute atomic E-state index is 13.4. The lowest BCUT2D eigenvalue weighted by Gasteiger charge is -2.07. The smallest absolute Gasteiger partial charge is 0.139 e. The van der Waals surface area contributed by atoms with Crippen molar-refractivity contribution in [3.63, 3.8) is 0 Å². The van der Waals surface area contributed by atoms with E-state index in [4.69, 9.17) is 0 Å². The Morgan fingerprint density at radius 1 is 1.53 bits per heavy atom. The third-order valence-electron chi connectivity index (χ3n) is 3.03. The van der Waals surface area contributed by atoms with Crippen molar-refractivity contribution in [3.05, 3.63) is 28.2 Å². The quantitative estimate of drug-likeness (QED) is 0.716. The average Bonchev–Trinajstić information content (AvgIpc) is 2.69. The summed E-state index contributed by atoms with van der Waals surface area (Å²) in [6.07, 6.45) is 2.10. The van der Waals surface area contributed by atoms with Gasteiger partial charge in [0.15, 0.2) is 0 Å². The predicted octanol–water partition coefficient (Wildman–Crippen LogP) is 3.45. The van der Waals surface area contributed by atoms with E-state index < -0.39 is 0 Å². The number of benzene rings is 1. The highest BCUT2D eigenvalue weighted by Crippen LogP contribution is 2.32. The molecule has 1 aromatic heterocycles. The van der Waals surface area contributed by atoms with Crippen LogP contribution in [-0.2, 0) is 6.42 Å². The van der Waals surface area contributed by atoms with Gasteiger partial charge in [-0.05, 0) is 35.3 Å². The minimum absolute atomic E-state index is 0.218. The minimum Gasteiger partial charge on any atom is -0.325 e. The van der Waals surface area contributed by atoms with Gasteiger partial charge in [-0.2, -0.15) is 0 Å². The molecule has 0 amide bonds. The first-order valence-corrected chi connectivity index (χ1v) is 5.82. The zero-order valence-electron chi connectivity index (χ0n) is 8.30. The number of hydrogen-bond acceptors (Lipinski definition) is 1. The summed E-state index contributed by atoms with van der Waals surface area (Å²) in [6, 6.07) is 3.76. The third-order valence-corrected chi connectivity index (χ3v) is 3.64. The van der Waals surface area contributed by atoms with Crippen LogP contribution in [0.1, 0.15) is 25.2 Å². The number of rotatable bonds is 0. The molecule has 3 rings (SSSR count). The van der Waals surface area contributed by atoms with E-state index in [0.717, 1.165) is 29.7 Å². The Morgan fingerprint density at radius 3 is 3.13 bits per heavy atom. The molecule has 15 heavy (non-hydrogen) atoms. The first-order valence-electron chi connectivity index (χ1n) is 5.02. The summed E-state index contributed by atoms with van der Waals surface area (Å²) >= 11 is 3.18. The molecule has 4 heteroatoms. The van der Waals surface area contributed by atoms with Crippen LogP contribution in [0, 0.1) is 5.82 Å². The average molecular weight is 269 g/mol. The van der Waals surface area contributed by atoms with Gasteiger partial charge in [-0.1, -0.05) is 0 Å². The molecule has 0 N–H and O–H groups in total. The summed E-state index contributed by atoms with van der Waals surface area (Å²) in [4.78, 5) is 4.51. The second kappa shape index (κ2) is 3.04. The number of aromatic nitrogens is 2. The normalized spacial score (nSPS) is 19.8. The summed E-state index contributed by atoms with van der Waals surface area (Å²) in [5, 5.41) is 0. The van der Waals surface area contributed by atoms with Crippen molar-refractivity contribution in [2.24, 2.45) is 0 Å². The molecule has 0 bridgehead atoms. The SMILES string of the molecule is C[C@@H]1CCc2nc3cc(Br)c(F)cc3n21. The largest absolute Gasteiger partial charge is 0.325 e. The second-order valence-corrected chi connectivity index (χ2v) is 4.90. The Hall–Kier alpha value is -0.900. The van der Waals surface area contributed by atoms with E-state index in [2.05, 4.69) is 32.4 Å². The summed E-state index contributed by atoms with van der Waals surface area (Å²) in [5.41, 5.74) is 1.79. The van der Waals surface area contributed by atoms with Crippen molar-refractivity contribution in [1.82, 2.24) is 9.55 Å². The molecule has 0 saturated carbocycles. The summed E-state index contributed by atoms with van der Waals surface area (Å²) in [7, 11) is 0. The van der Waals surface area contributed by atoms with Crippen LogP contribution in [-0.4, -0.2) is 9.55 Å². The van der Waals surface area contributed by atoms with Crippen molar-refractivity contribution < 1.29 is 4.39 Å². The van der Waals surface area contributed by atoms with Gasteiger partial charge in [-0.3, -0.25) is 0 Å². The van der Waals surface area contributed by atoms with Gasteiger partial charge in [0.25, 0.3) is 0 Å². The fraction of sp³-hybridized carbons (Fsp3) is 0.364. The fourth-order valence-corrected chi connectivity index (χ4v) is 2.61. The second-order valence-electron chi connectivity index (χ2n) is 4.04. The van der Waals surface area contributed by atoms with E-state index in [-0.39, 0.29) is 5.82 Å². The van der Waals surface area contributed by atoms with E-state index in [9.17, 15) is 4.39 Å². The number of imidazole rings is 1. The van der Waals surface area contributed by atoms with Gasteiger partial charge >= 0.3 is 0 Å². The molecule has 1 aliphatic heterocycles. The molecular formula is C11H10BrFN2. The molecule has 0 fully saturated rings. The maximum atomic E-state index is 13.4. The number of fused-ring (bicyclic) bond motifs is 3. The standard InChI is InChI=1S/C11H10BrFN2/c1-6-2-3-11-14-9-4-7(12)8(13)5-10(9)15(6)11/h4-6H,2-3H2,1H3/t6-/m1/s1. The molecule has 0 radical (unpaired) electrons. The van der Waals surface area contributed by atoms with E-state index >= 15 is 0 Å². The van der Waals surface area contributed by atoms with E-state index in [0.29, 0.717) is 10.5 Å². The molecule has 0 spiro atoms. The number of aryl methyl sites for hydroxylation is 1. The Balaban J connectivity index is 2.37. The van der Waals surface area contributed by atoms with Gasteiger partial charge < -0.3 is 4.57 Å². The maximum Gasteiger partial charge on any atom is 0.139 e. The molecule has 0 saturated heterocycles. The lowest BCUT2D eigenvalue weighted by Crippen LogP contribution is -1.98. The van der Waals surface area contributed by atoms with E-state index in [1.54, 1.807) is 12.1 Å². The van der Waals surface area contributed by atoms with Crippen LogP contribution in [0.25, 0.3) is 11.0 Å². The van der Waals surface area contributed by atoms with E-state index in [1.807, 2.05) is 0 Å². The predicted molar refractivity (Wildman–Crippen MR) is 60.4 cm³/mol. The van der Waals surface area contributed by atoms with Gasteiger partial charge in [0, 0.05) is 18.5 Å². The first-order chi connectivity index (χ1) is 7.16. The van der Waals surface area contributed by atoms with Crippen LogP contribution in [0.15, 0.2) is 16.6 Å². The summed E-state index contributed by atoms with van der Waals surface area (Å²) < 4.78 is 16.1. The van der Waals surface area contributed by atoms with Crippen molar-refractivity contribution in [2.45, 2.75) is 25.8 Å². The Morgan fingerprint density at radius 2 is 2.33 bits per heavy atom. The van der Waals surface area contributed by atoms with Gasteiger partial charge in [0.05, 0.1) is 15.5 Å². The van der Waals surface area contributed by atoms with Crippen molar-refractivity contribution in [2.75, 3.05) is 0 Å². The van der Waals surface area contributed by atoms with Crippen molar-refractivity contribution >= 4 is 27.0 Å². The van der Waals surface area contributed by atoms with E-state index in [1.165, 1.54) is 0 Å². The number of hydrogen-bond donors (Lipinski definition) is 0. The molecule has 0 unspecified atom stereocenters. The zero-order valence-corrected chi connectivity index (χ0v) is 9.88. The molecule has 0 aliphatic carbocycles. The minimum atomic E-state index is -0.218. The first kappa shape index (κ1) is 9.33. The zero-order chi connectivity index (χ0) is 10.6. The highest BCUT2D eigenvalue weighted by Gasteiger charge is 2.22. The van der Waals surface area contributed by atoms with Crippen molar-refractivity contribution in [3.8, 4) is 0 Å². The molecule has 1 atom stereocenters. The lowest BCUT2D eigenvalue weighted by atomic mass is 10.2. The van der Waals surface area contributed by atoms with Gasteiger partial charge in [-0.25, -0.2) is 9.37 Å². The van der Waals surface area contributed by atoms with Crippen LogP contribution in [0.5, 0.6) is 0 Å².